The van der Waals surface area contributed by atoms with E-state index in [0.717, 1.165) is 17.1 Å². The van der Waals surface area contributed by atoms with E-state index in [1.165, 1.54) is 41.3 Å². The van der Waals surface area contributed by atoms with E-state index in [1.807, 2.05) is 11.3 Å². The Kier molecular flexibility index (Phi) is 7.84. The molecule has 0 amide bonds. The first-order valence-electron chi connectivity index (χ1n) is 16.0. The lowest BCUT2D eigenvalue weighted by Crippen LogP contribution is -2.66. The number of thiophene rings is 1. The Balaban J connectivity index is 1.27. The third-order valence-corrected chi connectivity index (χ3v) is 14.5. The van der Waals surface area contributed by atoms with Crippen LogP contribution in [0, 0.1) is 0 Å². The van der Waals surface area contributed by atoms with Crippen molar-refractivity contribution in [1.29, 1.82) is 0 Å². The standard InChI is InChI=1S/C44H33NSSi/c1-6-16-35(17-7-1)45(36-18-8-2-9-19-36)37-27-29-44-42(33-37)41-32-34(26-28-43(41)46-44)30-31-47(38-20-10-3-11-21-38,39-22-12-4-13-23-39)40-24-14-5-15-25-40/h1-33H/b31-30+. The van der Waals surface area contributed by atoms with E-state index in [1.54, 1.807) is 0 Å². The molecule has 0 spiro atoms. The topological polar surface area (TPSA) is 3.24 Å². The molecule has 1 heterocycles. The molecule has 0 radical (unpaired) electrons. The summed E-state index contributed by atoms with van der Waals surface area (Å²) in [6.45, 7) is 0. The Hall–Kier alpha value is -5.48. The molecule has 224 valence electrons. The predicted molar refractivity (Wildman–Crippen MR) is 207 cm³/mol. The van der Waals surface area contributed by atoms with Gasteiger partial charge in [0.1, 0.15) is 0 Å². The highest BCUT2D eigenvalue weighted by Gasteiger charge is 2.36. The van der Waals surface area contributed by atoms with E-state index in [0.29, 0.717) is 0 Å². The molecular formula is C44H33NSSi. The molecule has 0 aliphatic carbocycles. The summed E-state index contributed by atoms with van der Waals surface area (Å²) in [4.78, 5) is 2.34. The van der Waals surface area contributed by atoms with Gasteiger partial charge in [0.2, 0.25) is 0 Å². The van der Waals surface area contributed by atoms with Gasteiger partial charge >= 0.3 is 0 Å². The second kappa shape index (κ2) is 12.7. The van der Waals surface area contributed by atoms with Crippen LogP contribution in [0.1, 0.15) is 5.56 Å². The normalized spacial score (nSPS) is 11.7. The van der Waals surface area contributed by atoms with Crippen molar-refractivity contribution in [2.45, 2.75) is 0 Å². The summed E-state index contributed by atoms with van der Waals surface area (Å²) < 4.78 is 2.60. The molecule has 0 unspecified atom stereocenters. The fraction of sp³-hybridized carbons (Fsp3) is 0. The number of rotatable bonds is 8. The van der Waals surface area contributed by atoms with Gasteiger partial charge in [0.25, 0.3) is 0 Å². The van der Waals surface area contributed by atoms with Gasteiger partial charge in [-0.15, -0.1) is 11.3 Å². The van der Waals surface area contributed by atoms with Crippen molar-refractivity contribution in [2.75, 3.05) is 4.90 Å². The van der Waals surface area contributed by atoms with Crippen LogP contribution >= 0.6 is 11.3 Å². The molecule has 0 saturated carbocycles. The van der Waals surface area contributed by atoms with Crippen LogP contribution in [0.2, 0.25) is 0 Å². The van der Waals surface area contributed by atoms with Gasteiger partial charge in [0.05, 0.1) is 0 Å². The van der Waals surface area contributed by atoms with Crippen molar-refractivity contribution < 1.29 is 0 Å². The Morgan fingerprint density at radius 1 is 0.404 bits per heavy atom. The van der Waals surface area contributed by atoms with E-state index in [4.69, 9.17) is 0 Å². The molecule has 1 nitrogen and oxygen atoms in total. The minimum atomic E-state index is -2.50. The highest BCUT2D eigenvalue weighted by atomic mass is 32.1. The Morgan fingerprint density at radius 3 is 1.32 bits per heavy atom. The number of fused-ring (bicyclic) bond motifs is 3. The highest BCUT2D eigenvalue weighted by Crippen LogP contribution is 2.40. The van der Waals surface area contributed by atoms with Crippen molar-refractivity contribution in [1.82, 2.24) is 0 Å². The zero-order valence-corrected chi connectivity index (χ0v) is 27.7. The van der Waals surface area contributed by atoms with Crippen molar-refractivity contribution >= 4 is 78.3 Å². The van der Waals surface area contributed by atoms with Crippen LogP contribution < -0.4 is 20.5 Å². The Bertz CT molecular complexity index is 2140. The summed E-state index contributed by atoms with van der Waals surface area (Å²) >= 11 is 1.86. The second-order valence-electron chi connectivity index (χ2n) is 11.8. The van der Waals surface area contributed by atoms with Gasteiger partial charge in [0.15, 0.2) is 8.07 Å². The summed E-state index contributed by atoms with van der Waals surface area (Å²) in [5.74, 6) is 0. The lowest BCUT2D eigenvalue weighted by Gasteiger charge is -2.30. The van der Waals surface area contributed by atoms with Crippen LogP contribution in [-0.4, -0.2) is 8.07 Å². The predicted octanol–water partition coefficient (Wildman–Crippen LogP) is 10.2. The maximum Gasteiger partial charge on any atom is 0.172 e. The van der Waals surface area contributed by atoms with Crippen LogP contribution in [0.25, 0.3) is 26.2 Å². The van der Waals surface area contributed by atoms with Crippen molar-refractivity contribution in [3.8, 4) is 0 Å². The minimum absolute atomic E-state index is 1.14. The van der Waals surface area contributed by atoms with Crippen molar-refractivity contribution in [3.05, 3.63) is 199 Å². The number of benzene rings is 7. The van der Waals surface area contributed by atoms with Crippen LogP contribution in [-0.2, 0) is 0 Å². The molecular weight excluding hydrogens is 603 g/mol. The van der Waals surface area contributed by atoms with Crippen molar-refractivity contribution in [2.24, 2.45) is 0 Å². The lowest BCUT2D eigenvalue weighted by atomic mass is 10.1. The highest BCUT2D eigenvalue weighted by molar-refractivity contribution is 7.25. The molecule has 7 aromatic carbocycles. The lowest BCUT2D eigenvalue weighted by molar-refractivity contribution is 1.29. The summed E-state index contributed by atoms with van der Waals surface area (Å²) in [6, 6.07) is 68.3. The Labute approximate surface area is 281 Å². The molecule has 0 aliphatic rings. The summed E-state index contributed by atoms with van der Waals surface area (Å²) in [5.41, 5.74) is 7.18. The van der Waals surface area contributed by atoms with E-state index < -0.39 is 8.07 Å². The van der Waals surface area contributed by atoms with Crippen LogP contribution in [0.4, 0.5) is 17.1 Å². The van der Waals surface area contributed by atoms with Gasteiger partial charge in [0, 0.05) is 37.2 Å². The number of anilines is 3. The van der Waals surface area contributed by atoms with Gasteiger partial charge in [-0.2, -0.15) is 0 Å². The van der Waals surface area contributed by atoms with E-state index >= 15 is 0 Å². The quantitative estimate of drug-likeness (QED) is 0.119. The maximum absolute atomic E-state index is 2.53. The summed E-state index contributed by atoms with van der Waals surface area (Å²) in [6.07, 6.45) is 2.37. The average Bonchev–Trinajstić information content (AvgIpc) is 3.52. The number of para-hydroxylation sites is 2. The van der Waals surface area contributed by atoms with Crippen LogP contribution in [0.15, 0.2) is 194 Å². The van der Waals surface area contributed by atoms with Crippen LogP contribution in [0.3, 0.4) is 0 Å². The summed E-state index contributed by atoms with van der Waals surface area (Å²) in [7, 11) is -2.50. The zero-order chi connectivity index (χ0) is 31.5. The van der Waals surface area contributed by atoms with Gasteiger partial charge < -0.3 is 4.90 Å². The second-order valence-corrected chi connectivity index (χ2v) is 16.5. The fourth-order valence-corrected chi connectivity index (χ4v) is 12.0. The van der Waals surface area contributed by atoms with Gasteiger partial charge in [-0.1, -0.05) is 145 Å². The molecule has 0 atom stereocenters. The molecule has 8 aromatic rings. The minimum Gasteiger partial charge on any atom is -0.310 e. The van der Waals surface area contributed by atoms with E-state index in [9.17, 15) is 0 Å². The third kappa shape index (κ3) is 5.50. The molecule has 0 N–H and O–H groups in total. The molecule has 1 aromatic heterocycles. The Morgan fingerprint density at radius 2 is 0.830 bits per heavy atom. The smallest absolute Gasteiger partial charge is 0.172 e. The van der Waals surface area contributed by atoms with Gasteiger partial charge in [-0.05, 0) is 75.7 Å². The first-order chi connectivity index (χ1) is 23.3. The fourth-order valence-electron chi connectivity index (χ4n) is 6.74. The number of hydrogen-bond acceptors (Lipinski definition) is 2. The first kappa shape index (κ1) is 29.0. The zero-order valence-electron chi connectivity index (χ0n) is 25.9. The van der Waals surface area contributed by atoms with Crippen molar-refractivity contribution in [3.63, 3.8) is 0 Å². The number of hydrogen-bond donors (Lipinski definition) is 0. The monoisotopic (exact) mass is 635 g/mol. The van der Waals surface area contributed by atoms with Gasteiger partial charge in [-0.25, -0.2) is 0 Å². The average molecular weight is 636 g/mol. The molecule has 0 bridgehead atoms. The summed E-state index contributed by atoms with van der Waals surface area (Å²) in [5, 5.41) is 6.71. The third-order valence-electron chi connectivity index (χ3n) is 8.98. The first-order valence-corrected chi connectivity index (χ1v) is 18.9. The molecule has 0 fully saturated rings. The van der Waals surface area contributed by atoms with Crippen LogP contribution in [0.5, 0.6) is 0 Å². The maximum atomic E-state index is 2.53. The molecule has 47 heavy (non-hydrogen) atoms. The van der Waals surface area contributed by atoms with E-state index in [2.05, 4.69) is 205 Å². The SMILES string of the molecule is C(=C\[Si](c1ccccc1)(c1ccccc1)c1ccccc1)/c1ccc2sc3ccc(N(c4ccccc4)c4ccccc4)cc3c2c1. The van der Waals surface area contributed by atoms with E-state index in [-0.39, 0.29) is 0 Å². The largest absolute Gasteiger partial charge is 0.310 e. The molecule has 3 heteroatoms. The van der Waals surface area contributed by atoms with Gasteiger partial charge in [-0.3, -0.25) is 0 Å². The molecule has 8 rings (SSSR count). The number of nitrogens with zero attached hydrogens (tertiary/aromatic N) is 1. The molecule has 0 saturated heterocycles. The molecule has 0 aliphatic heterocycles.